The zero-order valence-electron chi connectivity index (χ0n) is 16.1. The van der Waals surface area contributed by atoms with Crippen molar-refractivity contribution in [3.8, 4) is 6.07 Å². The van der Waals surface area contributed by atoms with Crippen LogP contribution in [0, 0.1) is 11.3 Å². The van der Waals surface area contributed by atoms with E-state index in [2.05, 4.69) is 16.3 Å². The van der Waals surface area contributed by atoms with Gasteiger partial charge >= 0.3 is 5.97 Å². The summed E-state index contributed by atoms with van der Waals surface area (Å²) >= 11 is 0. The highest BCUT2D eigenvalue weighted by Gasteiger charge is 2.13. The minimum atomic E-state index is -0.539. The van der Waals surface area contributed by atoms with E-state index in [9.17, 15) is 9.59 Å². The topological polar surface area (TPSA) is 91.7 Å². The number of anilines is 1. The van der Waals surface area contributed by atoms with Crippen LogP contribution in [0.15, 0.2) is 48.5 Å². The van der Waals surface area contributed by atoms with Crippen LogP contribution in [0.2, 0.25) is 0 Å². The zero-order chi connectivity index (χ0) is 20.5. The van der Waals surface area contributed by atoms with Gasteiger partial charge in [0.2, 0.25) is 0 Å². The highest BCUT2D eigenvalue weighted by atomic mass is 16.5. The van der Waals surface area contributed by atoms with Crippen molar-refractivity contribution in [2.24, 2.45) is 0 Å². The molecule has 2 aromatic rings. The Bertz CT molecular complexity index is 866. The fraction of sp³-hybridized carbons (Fsp3) is 0.318. The molecule has 0 unspecified atom stereocenters. The lowest BCUT2D eigenvalue weighted by Crippen LogP contribution is -2.35. The minimum absolute atomic E-state index is 0.317. The number of rotatable bonds is 7. The number of nitrogens with zero attached hydrogens (tertiary/aromatic N) is 2. The second-order valence-electron chi connectivity index (χ2n) is 6.74. The summed E-state index contributed by atoms with van der Waals surface area (Å²) < 4.78 is 10.4. The van der Waals surface area contributed by atoms with Gasteiger partial charge in [-0.15, -0.1) is 0 Å². The molecule has 0 aromatic heterocycles. The van der Waals surface area contributed by atoms with Gasteiger partial charge < -0.3 is 14.8 Å². The molecule has 150 valence electrons. The van der Waals surface area contributed by atoms with Crippen molar-refractivity contribution < 1.29 is 19.1 Å². The van der Waals surface area contributed by atoms with E-state index in [-0.39, 0.29) is 6.61 Å². The minimum Gasteiger partial charge on any atom is -0.452 e. The number of hydrogen-bond donors (Lipinski definition) is 1. The van der Waals surface area contributed by atoms with Gasteiger partial charge in [-0.1, -0.05) is 24.3 Å². The molecular formula is C22H23N3O4. The Labute approximate surface area is 169 Å². The first kappa shape index (κ1) is 20.5. The van der Waals surface area contributed by atoms with E-state index < -0.39 is 11.9 Å². The number of hydrogen-bond acceptors (Lipinski definition) is 6. The third-order valence-electron chi connectivity index (χ3n) is 4.55. The summed E-state index contributed by atoms with van der Waals surface area (Å²) in [4.78, 5) is 26.4. The van der Waals surface area contributed by atoms with Gasteiger partial charge in [0.05, 0.1) is 31.3 Å². The van der Waals surface area contributed by atoms with E-state index in [4.69, 9.17) is 14.7 Å². The van der Waals surface area contributed by atoms with Crippen LogP contribution in [0.1, 0.15) is 21.5 Å². The third kappa shape index (κ3) is 6.42. The van der Waals surface area contributed by atoms with E-state index in [1.165, 1.54) is 0 Å². The van der Waals surface area contributed by atoms with Crippen LogP contribution < -0.4 is 5.32 Å². The molecule has 29 heavy (non-hydrogen) atoms. The number of carbonyl (C=O) groups excluding carboxylic acids is 2. The molecule has 1 aliphatic rings. The standard InChI is InChI=1S/C22H23N3O4/c23-10-9-17-3-7-20(8-4-17)24-21(26)16-29-22(27)19-5-1-18(2-6-19)15-25-11-13-28-14-12-25/h1-8H,9,11-16H2,(H,24,26). The van der Waals surface area contributed by atoms with E-state index in [1.54, 1.807) is 36.4 Å². The lowest BCUT2D eigenvalue weighted by Gasteiger charge is -2.26. The Morgan fingerprint density at radius 3 is 2.34 bits per heavy atom. The van der Waals surface area contributed by atoms with Crippen LogP contribution in [0.25, 0.3) is 0 Å². The molecule has 1 amide bonds. The summed E-state index contributed by atoms with van der Waals surface area (Å²) in [6.45, 7) is 3.75. The van der Waals surface area contributed by atoms with Gasteiger partial charge in [0.15, 0.2) is 6.61 Å². The predicted octanol–water partition coefficient (Wildman–Crippen LogP) is 2.38. The highest BCUT2D eigenvalue weighted by molar-refractivity contribution is 5.95. The van der Waals surface area contributed by atoms with E-state index in [0.29, 0.717) is 17.7 Å². The molecule has 7 nitrogen and oxygen atoms in total. The van der Waals surface area contributed by atoms with E-state index in [1.807, 2.05) is 12.1 Å². The molecule has 1 N–H and O–H groups in total. The molecular weight excluding hydrogens is 370 g/mol. The molecule has 0 spiro atoms. The second kappa shape index (κ2) is 10.4. The van der Waals surface area contributed by atoms with Crippen molar-refractivity contribution in [2.75, 3.05) is 38.2 Å². The van der Waals surface area contributed by atoms with Crippen molar-refractivity contribution in [1.29, 1.82) is 5.26 Å². The van der Waals surface area contributed by atoms with Crippen LogP contribution >= 0.6 is 0 Å². The normalized spacial score (nSPS) is 14.0. The number of ether oxygens (including phenoxy) is 2. The van der Waals surface area contributed by atoms with Gasteiger partial charge in [0, 0.05) is 25.3 Å². The summed E-state index contributed by atoms with van der Waals surface area (Å²) in [5.74, 6) is -0.960. The number of morpholine rings is 1. The van der Waals surface area contributed by atoms with Gasteiger partial charge in [0.1, 0.15) is 0 Å². The summed E-state index contributed by atoms with van der Waals surface area (Å²) in [5.41, 5.74) is 2.97. The maximum atomic E-state index is 12.2. The predicted molar refractivity (Wildman–Crippen MR) is 107 cm³/mol. The third-order valence-corrected chi connectivity index (χ3v) is 4.55. The lowest BCUT2D eigenvalue weighted by atomic mass is 10.1. The number of amides is 1. The molecule has 7 heteroatoms. The molecule has 0 atom stereocenters. The van der Waals surface area contributed by atoms with Crippen LogP contribution in [-0.2, 0) is 27.2 Å². The SMILES string of the molecule is N#CCc1ccc(NC(=O)COC(=O)c2ccc(CN3CCOCC3)cc2)cc1. The molecule has 1 saturated heterocycles. The Hall–Kier alpha value is -3.21. The molecule has 0 bridgehead atoms. The summed E-state index contributed by atoms with van der Waals surface area (Å²) in [6, 6.07) is 16.2. The second-order valence-corrected chi connectivity index (χ2v) is 6.74. The first-order valence-corrected chi connectivity index (χ1v) is 9.46. The van der Waals surface area contributed by atoms with Gasteiger partial charge in [-0.25, -0.2) is 4.79 Å². The number of benzene rings is 2. The molecule has 2 aromatic carbocycles. The first-order valence-electron chi connectivity index (χ1n) is 9.46. The van der Waals surface area contributed by atoms with Crippen LogP contribution in [0.4, 0.5) is 5.69 Å². The molecule has 0 aliphatic carbocycles. The number of nitriles is 1. The van der Waals surface area contributed by atoms with Crippen molar-refractivity contribution in [1.82, 2.24) is 4.90 Å². The average molecular weight is 393 g/mol. The monoisotopic (exact) mass is 393 g/mol. The maximum Gasteiger partial charge on any atom is 0.338 e. The molecule has 0 saturated carbocycles. The van der Waals surface area contributed by atoms with Crippen LogP contribution in [-0.4, -0.2) is 49.7 Å². The van der Waals surface area contributed by atoms with E-state index in [0.717, 1.165) is 44.0 Å². The average Bonchev–Trinajstić information content (AvgIpc) is 2.75. The summed E-state index contributed by atoms with van der Waals surface area (Å²) in [6.07, 6.45) is 0.317. The van der Waals surface area contributed by atoms with Gasteiger partial charge in [-0.2, -0.15) is 5.26 Å². The van der Waals surface area contributed by atoms with Gasteiger partial charge in [-0.05, 0) is 35.4 Å². The van der Waals surface area contributed by atoms with Gasteiger partial charge in [0.25, 0.3) is 5.91 Å². The van der Waals surface area contributed by atoms with E-state index >= 15 is 0 Å². The molecule has 1 fully saturated rings. The Morgan fingerprint density at radius 2 is 1.69 bits per heavy atom. The maximum absolute atomic E-state index is 12.2. The Morgan fingerprint density at radius 1 is 1.03 bits per heavy atom. The van der Waals surface area contributed by atoms with Gasteiger partial charge in [-0.3, -0.25) is 9.69 Å². The zero-order valence-corrected chi connectivity index (χ0v) is 16.1. The van der Waals surface area contributed by atoms with Crippen molar-refractivity contribution in [2.45, 2.75) is 13.0 Å². The van der Waals surface area contributed by atoms with Crippen LogP contribution in [0.3, 0.4) is 0 Å². The fourth-order valence-electron chi connectivity index (χ4n) is 2.97. The quantitative estimate of drug-likeness (QED) is 0.726. The van der Waals surface area contributed by atoms with Crippen molar-refractivity contribution >= 4 is 17.6 Å². The largest absolute Gasteiger partial charge is 0.452 e. The lowest BCUT2D eigenvalue weighted by molar-refractivity contribution is -0.119. The highest BCUT2D eigenvalue weighted by Crippen LogP contribution is 2.12. The molecule has 0 radical (unpaired) electrons. The van der Waals surface area contributed by atoms with Crippen molar-refractivity contribution in [3.63, 3.8) is 0 Å². The number of esters is 1. The smallest absolute Gasteiger partial charge is 0.338 e. The van der Waals surface area contributed by atoms with Crippen LogP contribution in [0.5, 0.6) is 0 Å². The fourth-order valence-corrected chi connectivity index (χ4v) is 2.97. The summed E-state index contributed by atoms with van der Waals surface area (Å²) in [7, 11) is 0. The Balaban J connectivity index is 1.44. The summed E-state index contributed by atoms with van der Waals surface area (Å²) in [5, 5.41) is 11.3. The molecule has 3 rings (SSSR count). The first-order chi connectivity index (χ1) is 14.1. The molecule has 1 heterocycles. The van der Waals surface area contributed by atoms with Crippen molar-refractivity contribution in [3.05, 3.63) is 65.2 Å². The Kier molecular flexibility index (Phi) is 7.34. The number of nitrogens with one attached hydrogen (secondary N) is 1. The molecule has 1 aliphatic heterocycles. The number of carbonyl (C=O) groups is 2.